The second kappa shape index (κ2) is 3.58. The van der Waals surface area contributed by atoms with Gasteiger partial charge in [-0.2, -0.15) is 0 Å². The number of hydrogen-bond donors (Lipinski definition) is 1. The van der Waals surface area contributed by atoms with Crippen LogP contribution >= 0.6 is 0 Å². The number of fused-ring (bicyclic) bond motifs is 4. The molecule has 2 nitrogen and oxygen atoms in total. The first-order valence-corrected chi connectivity index (χ1v) is 6.51. The molecule has 92 valence electrons. The molecule has 0 saturated heterocycles. The maximum absolute atomic E-state index is 4.41. The predicted octanol–water partition coefficient (Wildman–Crippen LogP) is 4.49. The Hall–Kier alpha value is -2.35. The Kier molecular flexibility index (Phi) is 1.99. The van der Waals surface area contributed by atoms with Crippen LogP contribution in [-0.2, 0) is 0 Å². The summed E-state index contributed by atoms with van der Waals surface area (Å²) in [7, 11) is 0. The van der Waals surface area contributed by atoms with Crippen LogP contribution in [0.5, 0.6) is 0 Å². The normalized spacial score (nSPS) is 11.7. The highest BCUT2D eigenvalue weighted by molar-refractivity contribution is 6.14. The van der Waals surface area contributed by atoms with E-state index in [0.29, 0.717) is 0 Å². The highest BCUT2D eigenvalue weighted by Crippen LogP contribution is 2.33. The Morgan fingerprint density at radius 3 is 2.63 bits per heavy atom. The summed E-state index contributed by atoms with van der Waals surface area (Å²) in [6, 6.07) is 12.8. The van der Waals surface area contributed by atoms with Crippen LogP contribution in [0.3, 0.4) is 0 Å². The molecule has 2 heterocycles. The fraction of sp³-hybridized carbons (Fsp3) is 0.118. The van der Waals surface area contributed by atoms with E-state index in [-0.39, 0.29) is 0 Å². The molecule has 0 saturated carbocycles. The summed E-state index contributed by atoms with van der Waals surface area (Å²) < 4.78 is 0. The van der Waals surface area contributed by atoms with Crippen LogP contribution in [0.25, 0.3) is 32.6 Å². The standard InChI is InChI=1S/C17H14N2/c1-10-12-7-8-18-11(2)14(12)9-15-13-5-3-4-6-16(13)19-17(10)15/h3-9,19H,1-2H3. The highest BCUT2D eigenvalue weighted by Gasteiger charge is 2.10. The van der Waals surface area contributed by atoms with Gasteiger partial charge in [0.05, 0.1) is 5.52 Å². The van der Waals surface area contributed by atoms with Gasteiger partial charge in [-0.1, -0.05) is 18.2 Å². The molecule has 0 aliphatic rings. The molecule has 0 atom stereocenters. The van der Waals surface area contributed by atoms with Crippen LogP contribution in [0.15, 0.2) is 42.6 Å². The maximum Gasteiger partial charge on any atom is 0.0501 e. The van der Waals surface area contributed by atoms with Gasteiger partial charge in [0.1, 0.15) is 0 Å². The molecular weight excluding hydrogens is 232 g/mol. The summed E-state index contributed by atoms with van der Waals surface area (Å²) >= 11 is 0. The van der Waals surface area contributed by atoms with Crippen molar-refractivity contribution < 1.29 is 0 Å². The summed E-state index contributed by atoms with van der Waals surface area (Å²) in [6.45, 7) is 4.25. The summed E-state index contributed by atoms with van der Waals surface area (Å²) in [4.78, 5) is 7.95. The molecule has 0 unspecified atom stereocenters. The predicted molar refractivity (Wildman–Crippen MR) is 80.6 cm³/mol. The maximum atomic E-state index is 4.41. The Labute approximate surface area is 111 Å². The molecule has 0 radical (unpaired) electrons. The average Bonchev–Trinajstić information content (AvgIpc) is 2.80. The van der Waals surface area contributed by atoms with E-state index < -0.39 is 0 Å². The van der Waals surface area contributed by atoms with E-state index in [0.717, 1.165) is 5.69 Å². The molecule has 0 spiro atoms. The second-order valence-electron chi connectivity index (χ2n) is 5.09. The lowest BCUT2D eigenvalue weighted by Gasteiger charge is -2.06. The van der Waals surface area contributed by atoms with Crippen molar-refractivity contribution in [3.05, 3.63) is 53.9 Å². The van der Waals surface area contributed by atoms with Gasteiger partial charge in [-0.3, -0.25) is 4.98 Å². The molecule has 0 fully saturated rings. The van der Waals surface area contributed by atoms with E-state index in [1.54, 1.807) is 0 Å². The van der Waals surface area contributed by atoms with E-state index >= 15 is 0 Å². The largest absolute Gasteiger partial charge is 0.354 e. The zero-order chi connectivity index (χ0) is 13.0. The van der Waals surface area contributed by atoms with Crippen molar-refractivity contribution in [1.82, 2.24) is 9.97 Å². The smallest absolute Gasteiger partial charge is 0.0501 e. The first-order valence-electron chi connectivity index (χ1n) is 6.51. The number of H-pyrrole nitrogens is 1. The summed E-state index contributed by atoms with van der Waals surface area (Å²) in [5.41, 5.74) is 4.82. The Balaban J connectivity index is 2.34. The number of nitrogens with zero attached hydrogens (tertiary/aromatic N) is 1. The topological polar surface area (TPSA) is 28.7 Å². The highest BCUT2D eigenvalue weighted by atomic mass is 14.7. The lowest BCUT2D eigenvalue weighted by molar-refractivity contribution is 1.23. The molecule has 2 aromatic heterocycles. The lowest BCUT2D eigenvalue weighted by atomic mass is 10.0. The van der Waals surface area contributed by atoms with Gasteiger partial charge < -0.3 is 4.98 Å². The number of aromatic amines is 1. The number of nitrogens with one attached hydrogen (secondary N) is 1. The van der Waals surface area contributed by atoms with Gasteiger partial charge >= 0.3 is 0 Å². The van der Waals surface area contributed by atoms with Crippen LogP contribution in [0.2, 0.25) is 0 Å². The van der Waals surface area contributed by atoms with Gasteiger partial charge in [0.2, 0.25) is 0 Å². The Bertz CT molecular complexity index is 932. The van der Waals surface area contributed by atoms with Gasteiger partial charge in [-0.05, 0) is 43.0 Å². The van der Waals surface area contributed by atoms with Crippen molar-refractivity contribution in [2.75, 3.05) is 0 Å². The van der Waals surface area contributed by atoms with E-state index in [4.69, 9.17) is 0 Å². The van der Waals surface area contributed by atoms with Crippen molar-refractivity contribution in [2.24, 2.45) is 0 Å². The van der Waals surface area contributed by atoms with E-state index in [1.165, 1.54) is 38.1 Å². The van der Waals surface area contributed by atoms with E-state index in [9.17, 15) is 0 Å². The van der Waals surface area contributed by atoms with Crippen LogP contribution in [-0.4, -0.2) is 9.97 Å². The molecule has 0 aliphatic heterocycles. The summed E-state index contributed by atoms with van der Waals surface area (Å²) in [6.07, 6.45) is 1.89. The van der Waals surface area contributed by atoms with Gasteiger partial charge in [0.15, 0.2) is 0 Å². The molecule has 0 aliphatic carbocycles. The average molecular weight is 246 g/mol. The third-order valence-electron chi connectivity index (χ3n) is 4.00. The van der Waals surface area contributed by atoms with Gasteiger partial charge in [-0.25, -0.2) is 0 Å². The first kappa shape index (κ1) is 10.6. The molecular formula is C17H14N2. The number of pyridine rings is 1. The molecule has 0 bridgehead atoms. The third kappa shape index (κ3) is 1.34. The SMILES string of the molecule is Cc1nccc2c(C)c3[nH]c4ccccc4c3cc12. The Morgan fingerprint density at radius 1 is 0.895 bits per heavy atom. The van der Waals surface area contributed by atoms with Gasteiger partial charge in [0, 0.05) is 33.6 Å². The zero-order valence-corrected chi connectivity index (χ0v) is 11.0. The minimum Gasteiger partial charge on any atom is -0.354 e. The second-order valence-corrected chi connectivity index (χ2v) is 5.09. The number of benzene rings is 2. The number of aryl methyl sites for hydroxylation is 2. The zero-order valence-electron chi connectivity index (χ0n) is 11.0. The molecule has 0 amide bonds. The number of rotatable bonds is 0. The molecule has 2 aromatic carbocycles. The minimum atomic E-state index is 1.09. The quantitative estimate of drug-likeness (QED) is 0.486. The summed E-state index contributed by atoms with van der Waals surface area (Å²) in [5, 5.41) is 5.10. The number of hydrogen-bond acceptors (Lipinski definition) is 1. The van der Waals surface area contributed by atoms with Gasteiger partial charge in [0.25, 0.3) is 0 Å². The van der Waals surface area contributed by atoms with Crippen LogP contribution in [0.1, 0.15) is 11.3 Å². The van der Waals surface area contributed by atoms with Crippen molar-refractivity contribution in [3.8, 4) is 0 Å². The van der Waals surface area contributed by atoms with Crippen LogP contribution in [0.4, 0.5) is 0 Å². The molecule has 1 N–H and O–H groups in total. The lowest BCUT2D eigenvalue weighted by Crippen LogP contribution is -1.87. The number of aromatic nitrogens is 2. The summed E-state index contributed by atoms with van der Waals surface area (Å²) in [5.74, 6) is 0. The van der Waals surface area contributed by atoms with Crippen molar-refractivity contribution >= 4 is 32.6 Å². The number of para-hydroxylation sites is 1. The monoisotopic (exact) mass is 246 g/mol. The van der Waals surface area contributed by atoms with Crippen molar-refractivity contribution in [1.29, 1.82) is 0 Å². The molecule has 19 heavy (non-hydrogen) atoms. The van der Waals surface area contributed by atoms with E-state index in [1.807, 2.05) is 6.20 Å². The fourth-order valence-electron chi connectivity index (χ4n) is 2.98. The van der Waals surface area contributed by atoms with Crippen LogP contribution < -0.4 is 0 Å². The van der Waals surface area contributed by atoms with E-state index in [2.05, 4.69) is 60.2 Å². The Morgan fingerprint density at radius 2 is 1.74 bits per heavy atom. The minimum absolute atomic E-state index is 1.09. The van der Waals surface area contributed by atoms with Gasteiger partial charge in [-0.15, -0.1) is 0 Å². The van der Waals surface area contributed by atoms with Crippen LogP contribution in [0, 0.1) is 13.8 Å². The van der Waals surface area contributed by atoms with Crippen molar-refractivity contribution in [2.45, 2.75) is 13.8 Å². The molecule has 4 rings (SSSR count). The fourth-order valence-corrected chi connectivity index (χ4v) is 2.98. The van der Waals surface area contributed by atoms with Crippen molar-refractivity contribution in [3.63, 3.8) is 0 Å². The molecule has 4 aromatic rings. The molecule has 2 heteroatoms. The third-order valence-corrected chi connectivity index (χ3v) is 4.00. The first-order chi connectivity index (χ1) is 9.25.